The molecule has 1 unspecified atom stereocenters. The molecule has 0 saturated carbocycles. The molecule has 14 heteroatoms. The van der Waals surface area contributed by atoms with Crippen LogP contribution in [0.5, 0.6) is 17.2 Å². The highest BCUT2D eigenvalue weighted by atomic mass is 16.7. The van der Waals surface area contributed by atoms with Gasteiger partial charge in [0.2, 0.25) is 5.78 Å². The first-order valence-corrected chi connectivity index (χ1v) is 15.6. The number of phenolic OH excluding ortho intramolecular Hbond substituents is 2. The molecule has 0 radical (unpaired) electrons. The van der Waals surface area contributed by atoms with Crippen LogP contribution in [0.25, 0.3) is 0 Å². The number of Topliss-reactive ketones (excluding diaryl/α,β-unsaturated/α-hetero) is 1. The van der Waals surface area contributed by atoms with Crippen molar-refractivity contribution in [1.82, 2.24) is 4.90 Å². The standard InChI is InChI=1S/C33H37NO13/c1-13-12-44-32(43-4)31-34(13)17-8-21(45-14(2)30(17)47-31)46-19-10-33(41,20(36)11-35)9-16-23(19)29(40)25-24(27(16)38)26(37)15-6-5-7-18(42-3)22(15)28(25)39/h5-7,13-14,17,19,21,30-32,35,38,40-41H,8-12H2,1-4H3/t13?,14-,17-,19-,21-,30+,31+,32-,33-/m0/s1. The van der Waals surface area contributed by atoms with Crippen molar-refractivity contribution < 1.29 is 63.2 Å². The molecule has 3 saturated heterocycles. The number of aliphatic hydroxyl groups is 2. The first-order chi connectivity index (χ1) is 22.4. The van der Waals surface area contributed by atoms with Crippen LogP contribution in [-0.4, -0.2) is 119 Å². The Morgan fingerprint density at radius 1 is 1.06 bits per heavy atom. The van der Waals surface area contributed by atoms with Gasteiger partial charge in [-0.25, -0.2) is 0 Å². The van der Waals surface area contributed by atoms with E-state index in [0.717, 1.165) is 0 Å². The van der Waals surface area contributed by atoms with Crippen LogP contribution in [0.2, 0.25) is 0 Å². The average molecular weight is 656 g/mol. The lowest BCUT2D eigenvalue weighted by Gasteiger charge is -2.45. The monoisotopic (exact) mass is 655 g/mol. The molecule has 2 aromatic rings. The zero-order valence-electron chi connectivity index (χ0n) is 26.3. The number of morpholine rings is 1. The van der Waals surface area contributed by atoms with Crippen LogP contribution in [0.1, 0.15) is 75.8 Å². The molecule has 2 aliphatic carbocycles. The zero-order chi connectivity index (χ0) is 33.5. The van der Waals surface area contributed by atoms with E-state index in [1.54, 1.807) is 7.11 Å². The number of ether oxygens (including phenoxy) is 6. The fourth-order valence-corrected chi connectivity index (χ4v) is 7.96. The predicted octanol–water partition coefficient (Wildman–Crippen LogP) is 1.10. The van der Waals surface area contributed by atoms with Crippen molar-refractivity contribution in [3.8, 4) is 17.2 Å². The van der Waals surface area contributed by atoms with Crippen LogP contribution in [0.3, 0.4) is 0 Å². The molecule has 5 aliphatic rings. The van der Waals surface area contributed by atoms with Gasteiger partial charge in [-0.15, -0.1) is 0 Å². The Hall–Kier alpha value is -3.47. The summed E-state index contributed by atoms with van der Waals surface area (Å²) in [6, 6.07) is 4.22. The van der Waals surface area contributed by atoms with E-state index >= 15 is 0 Å². The number of aromatic hydroxyl groups is 2. The fourth-order valence-electron chi connectivity index (χ4n) is 7.96. The molecular weight excluding hydrogens is 618 g/mol. The Morgan fingerprint density at radius 2 is 1.81 bits per heavy atom. The summed E-state index contributed by atoms with van der Waals surface area (Å²) in [5.41, 5.74) is -3.44. The third-order valence-corrected chi connectivity index (χ3v) is 10.1. The highest BCUT2D eigenvalue weighted by Crippen LogP contribution is 2.53. The summed E-state index contributed by atoms with van der Waals surface area (Å²) in [4.78, 5) is 42.7. The summed E-state index contributed by atoms with van der Waals surface area (Å²) in [7, 11) is 2.88. The van der Waals surface area contributed by atoms with Gasteiger partial charge in [0.05, 0.1) is 42.6 Å². The van der Waals surface area contributed by atoms with Gasteiger partial charge in [-0.1, -0.05) is 12.1 Å². The molecule has 47 heavy (non-hydrogen) atoms. The maximum atomic E-state index is 13.9. The minimum atomic E-state index is -2.23. The number of hydrogen-bond donors (Lipinski definition) is 4. The van der Waals surface area contributed by atoms with Crippen LogP contribution < -0.4 is 4.74 Å². The van der Waals surface area contributed by atoms with Crippen LogP contribution in [0.15, 0.2) is 18.2 Å². The number of ketones is 3. The molecule has 14 nitrogen and oxygen atoms in total. The largest absolute Gasteiger partial charge is 0.507 e. The van der Waals surface area contributed by atoms with E-state index in [9.17, 15) is 34.8 Å². The number of benzene rings is 2. The van der Waals surface area contributed by atoms with E-state index in [-0.39, 0.29) is 52.6 Å². The summed E-state index contributed by atoms with van der Waals surface area (Å²) in [6.07, 6.45) is -4.89. The lowest BCUT2D eigenvalue weighted by molar-refractivity contribution is -0.261. The number of carbonyl (C=O) groups is 3. The molecule has 4 N–H and O–H groups in total. The van der Waals surface area contributed by atoms with Crippen molar-refractivity contribution in [2.24, 2.45) is 0 Å². The summed E-state index contributed by atoms with van der Waals surface area (Å²) < 4.78 is 35.7. The Labute approximate surface area is 269 Å². The second-order valence-corrected chi connectivity index (χ2v) is 12.8. The Kier molecular flexibility index (Phi) is 7.92. The molecule has 7 rings (SSSR count). The lowest BCUT2D eigenvalue weighted by Crippen LogP contribution is -2.58. The van der Waals surface area contributed by atoms with Gasteiger partial charge in [-0.3, -0.25) is 19.3 Å². The third kappa shape index (κ3) is 4.73. The van der Waals surface area contributed by atoms with E-state index in [4.69, 9.17) is 28.4 Å². The average Bonchev–Trinajstić information content (AvgIpc) is 3.45. The van der Waals surface area contributed by atoms with E-state index in [0.29, 0.717) is 6.61 Å². The maximum Gasteiger partial charge on any atom is 0.202 e. The highest BCUT2D eigenvalue weighted by Gasteiger charge is 2.56. The Morgan fingerprint density at radius 3 is 2.51 bits per heavy atom. The van der Waals surface area contributed by atoms with Gasteiger partial charge in [0, 0.05) is 55.1 Å². The van der Waals surface area contributed by atoms with Crippen molar-refractivity contribution in [3.05, 3.63) is 51.6 Å². The molecule has 0 spiro atoms. The number of phenols is 2. The Balaban J connectivity index is 1.30. The van der Waals surface area contributed by atoms with E-state index in [1.165, 1.54) is 25.3 Å². The quantitative estimate of drug-likeness (QED) is 0.276. The first kappa shape index (κ1) is 32.1. The normalized spacial score (nSPS) is 34.6. The number of rotatable bonds is 6. The third-order valence-electron chi connectivity index (χ3n) is 10.1. The molecule has 3 fully saturated rings. The number of aliphatic hydroxyl groups excluding tert-OH is 1. The number of methoxy groups -OCH3 is 2. The number of nitrogens with zero attached hydrogens (tertiary/aromatic N) is 1. The first-order valence-electron chi connectivity index (χ1n) is 15.6. The van der Waals surface area contributed by atoms with Gasteiger partial charge in [0.15, 0.2) is 30.4 Å². The molecule has 9 atom stereocenters. The second-order valence-electron chi connectivity index (χ2n) is 12.8. The Bertz CT molecular complexity index is 1660. The fraction of sp³-hybridized carbons (Fsp3) is 0.545. The van der Waals surface area contributed by atoms with Crippen molar-refractivity contribution in [2.45, 2.75) is 87.9 Å². The lowest BCUT2D eigenvalue weighted by atomic mass is 9.72. The topological polar surface area (TPSA) is 191 Å². The van der Waals surface area contributed by atoms with Crippen molar-refractivity contribution >= 4 is 17.3 Å². The molecule has 0 amide bonds. The van der Waals surface area contributed by atoms with Gasteiger partial charge >= 0.3 is 0 Å². The van der Waals surface area contributed by atoms with Gasteiger partial charge in [0.1, 0.15) is 35.6 Å². The van der Waals surface area contributed by atoms with Crippen molar-refractivity contribution in [1.29, 1.82) is 0 Å². The molecule has 3 aliphatic heterocycles. The molecule has 3 heterocycles. The van der Waals surface area contributed by atoms with Gasteiger partial charge in [-0.2, -0.15) is 0 Å². The molecular formula is C33H37NO13. The van der Waals surface area contributed by atoms with Crippen LogP contribution in [0.4, 0.5) is 0 Å². The van der Waals surface area contributed by atoms with Crippen LogP contribution >= 0.6 is 0 Å². The SMILES string of the molecule is COc1cccc2c1C(=O)c1c(O)c3c(c(O)c1C2=O)C[C@@](O)(C(=O)CO)C[C@@H]3O[C@H]1C[C@H]2[C@H](O[C@@H]3[C@@H](OC)OCC(C)N32)[C@H](C)O1. The molecule has 2 aromatic carbocycles. The number of fused-ring (bicyclic) bond motifs is 6. The molecule has 0 aromatic heterocycles. The van der Waals surface area contributed by atoms with Crippen LogP contribution in [0, 0.1) is 0 Å². The van der Waals surface area contributed by atoms with Gasteiger partial charge < -0.3 is 48.8 Å². The molecule has 0 bridgehead atoms. The summed E-state index contributed by atoms with van der Waals surface area (Å²) in [6.45, 7) is 3.24. The van der Waals surface area contributed by atoms with Crippen molar-refractivity contribution in [3.63, 3.8) is 0 Å². The highest BCUT2D eigenvalue weighted by molar-refractivity contribution is 6.31. The number of hydrogen-bond acceptors (Lipinski definition) is 14. The zero-order valence-corrected chi connectivity index (χ0v) is 26.3. The van der Waals surface area contributed by atoms with Crippen molar-refractivity contribution in [2.75, 3.05) is 27.4 Å². The van der Waals surface area contributed by atoms with E-state index in [1.807, 2.05) is 13.8 Å². The summed E-state index contributed by atoms with van der Waals surface area (Å²) in [5.74, 6) is -3.62. The van der Waals surface area contributed by atoms with Gasteiger partial charge in [0.25, 0.3) is 0 Å². The van der Waals surface area contributed by atoms with Crippen LogP contribution in [-0.2, 0) is 34.9 Å². The van der Waals surface area contributed by atoms with E-state index in [2.05, 4.69) is 4.90 Å². The molecule has 252 valence electrons. The second kappa shape index (κ2) is 11.6. The van der Waals surface area contributed by atoms with Gasteiger partial charge in [-0.05, 0) is 19.9 Å². The van der Waals surface area contributed by atoms with E-state index < -0.39 is 96.0 Å². The summed E-state index contributed by atoms with van der Waals surface area (Å²) in [5, 5.41) is 44.7. The maximum absolute atomic E-state index is 13.9. The minimum Gasteiger partial charge on any atom is -0.507 e. The number of carbonyl (C=O) groups excluding carboxylic acids is 3. The smallest absolute Gasteiger partial charge is 0.202 e. The summed E-state index contributed by atoms with van der Waals surface area (Å²) >= 11 is 0. The minimum absolute atomic E-state index is 0.0223. The predicted molar refractivity (Wildman–Crippen MR) is 158 cm³/mol.